The zero-order valence-corrected chi connectivity index (χ0v) is 16.0. The van der Waals surface area contributed by atoms with E-state index in [1.807, 2.05) is 11.4 Å². The van der Waals surface area contributed by atoms with Crippen LogP contribution in [0.1, 0.15) is 16.5 Å². The minimum Gasteiger partial charge on any atom is -0.493 e. The molecule has 2 aromatic rings. The molecule has 24 heavy (non-hydrogen) atoms. The van der Waals surface area contributed by atoms with E-state index in [1.54, 1.807) is 32.6 Å². The number of hydrogen-bond donors (Lipinski definition) is 1. The third kappa shape index (κ3) is 3.13. The van der Waals surface area contributed by atoms with Crippen LogP contribution in [0.15, 0.2) is 33.1 Å². The van der Waals surface area contributed by atoms with Gasteiger partial charge in [-0.2, -0.15) is 0 Å². The Morgan fingerprint density at radius 2 is 2.12 bits per heavy atom. The zero-order valence-electron chi connectivity index (χ0n) is 12.8. The summed E-state index contributed by atoms with van der Waals surface area (Å²) in [7, 11) is 3.13. The molecule has 8 heteroatoms. The van der Waals surface area contributed by atoms with E-state index >= 15 is 0 Å². The van der Waals surface area contributed by atoms with Crippen LogP contribution in [0, 0.1) is 5.41 Å². The molecule has 1 aliphatic heterocycles. The molecule has 0 aliphatic carbocycles. The third-order valence-electron chi connectivity index (χ3n) is 3.44. The monoisotopic (exact) mass is 424 g/mol. The number of carbonyl (C=O) groups excluding carboxylic acids is 1. The first-order valence-corrected chi connectivity index (χ1v) is 9.37. The van der Waals surface area contributed by atoms with Crippen molar-refractivity contribution in [2.24, 2.45) is 0 Å². The van der Waals surface area contributed by atoms with E-state index < -0.39 is 5.92 Å². The van der Waals surface area contributed by atoms with Crippen molar-refractivity contribution in [3.63, 3.8) is 0 Å². The van der Waals surface area contributed by atoms with Crippen LogP contribution in [-0.2, 0) is 4.79 Å². The van der Waals surface area contributed by atoms with Gasteiger partial charge in [-0.3, -0.25) is 10.2 Å². The van der Waals surface area contributed by atoms with Gasteiger partial charge in [-0.25, -0.2) is 4.98 Å². The predicted octanol–water partition coefficient (Wildman–Crippen LogP) is 4.34. The third-order valence-corrected chi connectivity index (χ3v) is 5.86. The van der Waals surface area contributed by atoms with Gasteiger partial charge in [-0.1, -0.05) is 11.8 Å². The van der Waals surface area contributed by atoms with Gasteiger partial charge < -0.3 is 9.47 Å². The minimum absolute atomic E-state index is 0.0918. The fourth-order valence-corrected chi connectivity index (χ4v) is 4.79. The Labute approximate surface area is 155 Å². The van der Waals surface area contributed by atoms with Crippen molar-refractivity contribution in [1.82, 2.24) is 4.98 Å². The van der Waals surface area contributed by atoms with Crippen molar-refractivity contribution in [1.29, 1.82) is 5.41 Å². The number of ether oxygens (including phenoxy) is 2. The van der Waals surface area contributed by atoms with Crippen molar-refractivity contribution in [3.8, 4) is 11.5 Å². The number of benzene rings is 1. The maximum Gasteiger partial charge on any atom is 0.186 e. The molecule has 3 rings (SSSR count). The summed E-state index contributed by atoms with van der Waals surface area (Å²) in [4.78, 5) is 17.4. The minimum atomic E-state index is -0.579. The van der Waals surface area contributed by atoms with Gasteiger partial charge in [0.2, 0.25) is 0 Å². The summed E-state index contributed by atoms with van der Waals surface area (Å²) in [6, 6.07) is 3.65. The van der Waals surface area contributed by atoms with Crippen LogP contribution in [0.2, 0.25) is 0 Å². The van der Waals surface area contributed by atoms with E-state index in [-0.39, 0.29) is 5.78 Å². The van der Waals surface area contributed by atoms with Crippen LogP contribution >= 0.6 is 39.0 Å². The van der Waals surface area contributed by atoms with E-state index in [0.717, 1.165) is 10.0 Å². The lowest BCUT2D eigenvalue weighted by atomic mass is 10.0. The Kier molecular flexibility index (Phi) is 5.07. The maximum atomic E-state index is 12.7. The summed E-state index contributed by atoms with van der Waals surface area (Å²) >= 11 is 6.01. The molecule has 124 valence electrons. The van der Waals surface area contributed by atoms with Crippen LogP contribution in [0.25, 0.3) is 6.08 Å². The SMILES string of the molecule is COc1cc(/C=C2\SC(=N)[C@@H](c3nccs3)C2=O)cc(Br)c1OC. The van der Waals surface area contributed by atoms with Crippen molar-refractivity contribution >= 4 is 55.9 Å². The Bertz CT molecular complexity index is 834. The first-order chi connectivity index (χ1) is 11.5. The Balaban J connectivity index is 1.96. The summed E-state index contributed by atoms with van der Waals surface area (Å²) in [5.41, 5.74) is 0.794. The quantitative estimate of drug-likeness (QED) is 0.738. The molecule has 1 atom stereocenters. The average molecular weight is 425 g/mol. The number of halogens is 1. The number of allylic oxidation sites excluding steroid dienone is 1. The Morgan fingerprint density at radius 1 is 1.33 bits per heavy atom. The number of ketones is 1. The highest BCUT2D eigenvalue weighted by molar-refractivity contribution is 9.10. The molecule has 1 aromatic carbocycles. The number of nitrogens with one attached hydrogen (secondary N) is 1. The van der Waals surface area contributed by atoms with E-state index in [0.29, 0.717) is 26.5 Å². The van der Waals surface area contributed by atoms with Gasteiger partial charge in [-0.15, -0.1) is 11.3 Å². The van der Waals surface area contributed by atoms with E-state index in [1.165, 1.54) is 23.1 Å². The molecule has 0 unspecified atom stereocenters. The van der Waals surface area contributed by atoms with Crippen LogP contribution in [0.3, 0.4) is 0 Å². The van der Waals surface area contributed by atoms with Crippen molar-refractivity contribution < 1.29 is 14.3 Å². The van der Waals surface area contributed by atoms with Gasteiger partial charge in [0.1, 0.15) is 10.9 Å². The van der Waals surface area contributed by atoms with Crippen LogP contribution in [-0.4, -0.2) is 30.0 Å². The van der Waals surface area contributed by atoms with Crippen molar-refractivity contribution in [2.75, 3.05) is 14.2 Å². The molecular formula is C16H13BrN2O3S2. The number of methoxy groups -OCH3 is 2. The lowest BCUT2D eigenvalue weighted by molar-refractivity contribution is -0.114. The summed E-state index contributed by atoms with van der Waals surface area (Å²) < 4.78 is 11.3. The molecular weight excluding hydrogens is 412 g/mol. The molecule has 1 aromatic heterocycles. The van der Waals surface area contributed by atoms with Gasteiger partial charge in [0.15, 0.2) is 17.3 Å². The highest BCUT2D eigenvalue weighted by atomic mass is 79.9. The summed E-state index contributed by atoms with van der Waals surface area (Å²) in [5, 5.41) is 10.9. The molecule has 2 heterocycles. The Hall–Kier alpha value is -1.64. The number of aromatic nitrogens is 1. The van der Waals surface area contributed by atoms with E-state index in [9.17, 15) is 4.79 Å². The highest BCUT2D eigenvalue weighted by Gasteiger charge is 2.38. The number of rotatable bonds is 4. The smallest absolute Gasteiger partial charge is 0.186 e. The number of thioether (sulfide) groups is 1. The number of Topliss-reactive ketones (excluding diaryl/α,β-unsaturated/α-hetero) is 1. The molecule has 5 nitrogen and oxygen atoms in total. The molecule has 1 saturated heterocycles. The van der Waals surface area contributed by atoms with Gasteiger partial charge >= 0.3 is 0 Å². The van der Waals surface area contributed by atoms with E-state index in [2.05, 4.69) is 20.9 Å². The molecule has 0 spiro atoms. The summed E-state index contributed by atoms with van der Waals surface area (Å²) in [5.74, 6) is 0.495. The first-order valence-electron chi connectivity index (χ1n) is 6.88. The molecule has 0 saturated carbocycles. The molecule has 1 fully saturated rings. The topological polar surface area (TPSA) is 72.3 Å². The second-order valence-corrected chi connectivity index (χ2v) is 7.75. The van der Waals surface area contributed by atoms with Crippen molar-refractivity contribution in [2.45, 2.75) is 5.92 Å². The fraction of sp³-hybridized carbons (Fsp3) is 0.188. The van der Waals surface area contributed by atoms with Crippen molar-refractivity contribution in [3.05, 3.63) is 43.7 Å². The normalized spacial score (nSPS) is 19.1. The molecule has 0 bridgehead atoms. The maximum absolute atomic E-state index is 12.7. The van der Waals surface area contributed by atoms with Crippen LogP contribution in [0.4, 0.5) is 0 Å². The van der Waals surface area contributed by atoms with Crippen LogP contribution < -0.4 is 9.47 Å². The summed E-state index contributed by atoms with van der Waals surface area (Å²) in [6.45, 7) is 0. The van der Waals surface area contributed by atoms with Gasteiger partial charge in [0.05, 0.1) is 28.6 Å². The number of thiazole rings is 1. The largest absolute Gasteiger partial charge is 0.493 e. The highest BCUT2D eigenvalue weighted by Crippen LogP contribution is 2.42. The fourth-order valence-electron chi connectivity index (χ4n) is 2.36. The Morgan fingerprint density at radius 3 is 2.75 bits per heavy atom. The van der Waals surface area contributed by atoms with Gasteiger partial charge in [0.25, 0.3) is 0 Å². The lowest BCUT2D eigenvalue weighted by Crippen LogP contribution is -2.11. The van der Waals surface area contributed by atoms with Crippen LogP contribution in [0.5, 0.6) is 11.5 Å². The lowest BCUT2D eigenvalue weighted by Gasteiger charge is -2.10. The van der Waals surface area contributed by atoms with Gasteiger partial charge in [0, 0.05) is 11.6 Å². The predicted molar refractivity (Wildman–Crippen MR) is 100 cm³/mol. The first kappa shape index (κ1) is 17.2. The second-order valence-electron chi connectivity index (χ2n) is 4.88. The zero-order chi connectivity index (χ0) is 17.3. The molecule has 1 N–H and O–H groups in total. The second kappa shape index (κ2) is 7.08. The number of hydrogen-bond acceptors (Lipinski definition) is 7. The molecule has 0 radical (unpaired) electrons. The standard InChI is InChI=1S/C16H13BrN2O3S2/c1-21-10-6-8(5-9(17)14(10)22-2)7-11-13(20)12(15(18)24-11)16-19-3-4-23-16/h3-7,12,18H,1-2H3/b11-7-,18-15?/t12-/m0/s1. The van der Waals surface area contributed by atoms with Gasteiger partial charge in [-0.05, 0) is 39.7 Å². The average Bonchev–Trinajstić information content (AvgIpc) is 3.15. The number of carbonyl (C=O) groups is 1. The molecule has 0 amide bonds. The van der Waals surface area contributed by atoms with E-state index in [4.69, 9.17) is 14.9 Å². The number of nitrogens with zero attached hydrogens (tertiary/aromatic N) is 1. The molecule has 1 aliphatic rings. The summed E-state index contributed by atoms with van der Waals surface area (Å²) in [6.07, 6.45) is 3.42.